The predicted molar refractivity (Wildman–Crippen MR) is 109 cm³/mol. The van der Waals surface area contributed by atoms with Crippen molar-refractivity contribution in [1.29, 1.82) is 0 Å². The smallest absolute Gasteiger partial charge is 0.238 e. The first-order chi connectivity index (χ1) is 13.0. The number of aromatic hydroxyl groups is 1. The van der Waals surface area contributed by atoms with Gasteiger partial charge < -0.3 is 10.4 Å². The van der Waals surface area contributed by atoms with E-state index in [1.54, 1.807) is 23.1 Å². The number of phenolic OH excluding ortho intramolecular Hbond substituents is 1. The monoisotopic (exact) mass is 378 g/mol. The highest BCUT2D eigenvalue weighted by Gasteiger charge is 2.36. The number of amides is 2. The summed E-state index contributed by atoms with van der Waals surface area (Å²) < 4.78 is 0. The van der Waals surface area contributed by atoms with Gasteiger partial charge in [0.1, 0.15) is 11.1 Å². The van der Waals surface area contributed by atoms with E-state index in [1.807, 2.05) is 42.5 Å². The minimum absolute atomic E-state index is 0.00962. The van der Waals surface area contributed by atoms with Gasteiger partial charge in [0.25, 0.3) is 0 Å². The van der Waals surface area contributed by atoms with E-state index in [4.69, 9.17) is 0 Å². The summed E-state index contributed by atoms with van der Waals surface area (Å²) in [6.07, 6.45) is 0. The van der Waals surface area contributed by atoms with Gasteiger partial charge in [-0.1, -0.05) is 30.3 Å². The van der Waals surface area contributed by atoms with Gasteiger partial charge in [-0.2, -0.15) is 0 Å². The first-order valence-corrected chi connectivity index (χ1v) is 9.61. The van der Waals surface area contributed by atoms with Crippen molar-refractivity contribution in [2.24, 2.45) is 0 Å². The number of carbonyl (C=O) groups excluding carboxylic acids is 2. The molecule has 1 fully saturated rings. The fraction of sp³-hybridized carbons (Fsp3) is 0.143. The van der Waals surface area contributed by atoms with Crippen molar-refractivity contribution in [2.75, 3.05) is 16.0 Å². The van der Waals surface area contributed by atoms with Crippen molar-refractivity contribution >= 4 is 45.7 Å². The molecule has 1 unspecified atom stereocenters. The molecule has 1 heterocycles. The molecule has 0 bridgehead atoms. The van der Waals surface area contributed by atoms with Crippen molar-refractivity contribution in [3.05, 3.63) is 66.2 Å². The van der Waals surface area contributed by atoms with Crippen molar-refractivity contribution in [3.63, 3.8) is 0 Å². The normalized spacial score (nSPS) is 16.7. The molecule has 0 saturated carbocycles. The van der Waals surface area contributed by atoms with Gasteiger partial charge in [0, 0.05) is 23.9 Å². The number of hydrogen-bond donors (Lipinski definition) is 2. The number of fused-ring (bicyclic) bond motifs is 1. The second kappa shape index (κ2) is 6.96. The Bertz CT molecular complexity index is 1030. The van der Waals surface area contributed by atoms with E-state index in [1.165, 1.54) is 18.7 Å². The number of phenols is 1. The molecule has 4 rings (SSSR count). The largest absolute Gasteiger partial charge is 0.508 e. The van der Waals surface area contributed by atoms with Crippen LogP contribution in [0, 0.1) is 0 Å². The predicted octanol–water partition coefficient (Wildman–Crippen LogP) is 4.28. The minimum Gasteiger partial charge on any atom is -0.508 e. The van der Waals surface area contributed by atoms with Gasteiger partial charge >= 0.3 is 0 Å². The Balaban J connectivity index is 1.77. The fourth-order valence-electron chi connectivity index (χ4n) is 3.37. The van der Waals surface area contributed by atoms with Gasteiger partial charge in [-0.3, -0.25) is 14.5 Å². The molecule has 3 aromatic carbocycles. The van der Waals surface area contributed by atoms with Gasteiger partial charge in [0.2, 0.25) is 11.8 Å². The first-order valence-electron chi connectivity index (χ1n) is 8.56. The lowest BCUT2D eigenvalue weighted by Crippen LogP contribution is -2.28. The van der Waals surface area contributed by atoms with Crippen LogP contribution in [0.4, 0.5) is 11.4 Å². The molecular formula is C21H18N2O3S. The Morgan fingerprint density at radius 1 is 1.11 bits per heavy atom. The maximum atomic E-state index is 12.6. The van der Waals surface area contributed by atoms with Crippen molar-refractivity contribution in [3.8, 4) is 5.75 Å². The van der Waals surface area contributed by atoms with Crippen LogP contribution in [0.25, 0.3) is 10.8 Å². The minimum atomic E-state index is -0.310. The molecule has 1 saturated heterocycles. The van der Waals surface area contributed by atoms with Crippen molar-refractivity contribution in [1.82, 2.24) is 0 Å². The van der Waals surface area contributed by atoms with E-state index in [2.05, 4.69) is 5.32 Å². The van der Waals surface area contributed by atoms with Crippen LogP contribution < -0.4 is 10.2 Å². The summed E-state index contributed by atoms with van der Waals surface area (Å²) in [4.78, 5) is 25.5. The van der Waals surface area contributed by atoms with Crippen LogP contribution in [0.3, 0.4) is 0 Å². The van der Waals surface area contributed by atoms with Gasteiger partial charge in [-0.25, -0.2) is 0 Å². The number of anilines is 2. The molecule has 2 N–H and O–H groups in total. The van der Waals surface area contributed by atoms with Gasteiger partial charge in [0.15, 0.2) is 0 Å². The maximum Gasteiger partial charge on any atom is 0.238 e. The van der Waals surface area contributed by atoms with Crippen molar-refractivity contribution < 1.29 is 14.7 Å². The fourth-order valence-corrected chi connectivity index (χ4v) is 4.61. The molecule has 27 heavy (non-hydrogen) atoms. The molecule has 0 spiro atoms. The number of hydrogen-bond acceptors (Lipinski definition) is 4. The highest BCUT2D eigenvalue weighted by molar-refractivity contribution is 8.00. The van der Waals surface area contributed by atoms with E-state index in [9.17, 15) is 14.7 Å². The summed E-state index contributed by atoms with van der Waals surface area (Å²) in [6, 6.07) is 18.6. The molecule has 0 aromatic heterocycles. The number of rotatable bonds is 3. The van der Waals surface area contributed by atoms with Crippen LogP contribution in [0.15, 0.2) is 60.7 Å². The Labute approximate surface area is 161 Å². The Hall–Kier alpha value is -2.99. The lowest BCUT2D eigenvalue weighted by atomic mass is 10.0. The summed E-state index contributed by atoms with van der Waals surface area (Å²) in [5.41, 5.74) is 2.15. The van der Waals surface area contributed by atoms with E-state index < -0.39 is 0 Å². The summed E-state index contributed by atoms with van der Waals surface area (Å²) in [5, 5.41) is 14.9. The molecule has 3 aromatic rings. The zero-order chi connectivity index (χ0) is 19.0. The van der Waals surface area contributed by atoms with Crippen LogP contribution in [0.2, 0.25) is 0 Å². The second-order valence-corrected chi connectivity index (χ2v) is 7.44. The van der Waals surface area contributed by atoms with Crippen molar-refractivity contribution in [2.45, 2.75) is 12.3 Å². The van der Waals surface area contributed by atoms with Gasteiger partial charge in [0.05, 0.1) is 5.75 Å². The number of carbonyl (C=O) groups is 2. The average Bonchev–Trinajstić information content (AvgIpc) is 3.03. The number of thioether (sulfide) groups is 1. The summed E-state index contributed by atoms with van der Waals surface area (Å²) in [5.74, 6) is 0.375. The van der Waals surface area contributed by atoms with Crippen LogP contribution >= 0.6 is 11.8 Å². The zero-order valence-corrected chi connectivity index (χ0v) is 15.5. The SMILES string of the molecule is CC(=O)Nc1ccc(N2C(=O)CSC2c2c(O)ccc3ccccc23)cc1. The molecular weight excluding hydrogens is 360 g/mol. The standard InChI is InChI=1S/C21H18N2O3S/c1-13(24)22-15-7-9-16(10-8-15)23-19(26)12-27-21(23)20-17-5-3-2-4-14(17)6-11-18(20)25/h2-11,21,25H,12H2,1H3,(H,22,24). The average molecular weight is 378 g/mol. The number of nitrogens with one attached hydrogen (secondary N) is 1. The Kier molecular flexibility index (Phi) is 4.49. The maximum absolute atomic E-state index is 12.6. The van der Waals surface area contributed by atoms with Crippen LogP contribution in [0.1, 0.15) is 17.9 Å². The molecule has 1 atom stereocenters. The molecule has 6 heteroatoms. The molecule has 0 aliphatic carbocycles. The highest BCUT2D eigenvalue weighted by Crippen LogP contribution is 2.47. The second-order valence-electron chi connectivity index (χ2n) is 6.37. The lowest BCUT2D eigenvalue weighted by molar-refractivity contribution is -0.116. The summed E-state index contributed by atoms with van der Waals surface area (Å²) >= 11 is 1.50. The Morgan fingerprint density at radius 2 is 1.85 bits per heavy atom. The third-order valence-corrected chi connectivity index (χ3v) is 5.70. The summed E-state index contributed by atoms with van der Waals surface area (Å²) in [6.45, 7) is 1.45. The Morgan fingerprint density at radius 3 is 2.59 bits per heavy atom. The van der Waals surface area contributed by atoms with Gasteiger partial charge in [-0.05, 0) is 41.1 Å². The highest BCUT2D eigenvalue weighted by atomic mass is 32.2. The topological polar surface area (TPSA) is 69.6 Å². The molecule has 1 aliphatic rings. The van der Waals surface area contributed by atoms with E-state index in [0.29, 0.717) is 11.4 Å². The van der Waals surface area contributed by atoms with Crippen LogP contribution in [-0.2, 0) is 9.59 Å². The van der Waals surface area contributed by atoms with E-state index in [0.717, 1.165) is 22.0 Å². The molecule has 1 aliphatic heterocycles. The van der Waals surface area contributed by atoms with Crippen LogP contribution in [0.5, 0.6) is 5.75 Å². The zero-order valence-electron chi connectivity index (χ0n) is 14.7. The quantitative estimate of drug-likeness (QED) is 0.714. The van der Waals surface area contributed by atoms with Crippen LogP contribution in [-0.4, -0.2) is 22.7 Å². The number of benzene rings is 3. The third kappa shape index (κ3) is 3.24. The lowest BCUT2D eigenvalue weighted by Gasteiger charge is -2.26. The number of nitrogens with zero attached hydrogens (tertiary/aromatic N) is 1. The van der Waals surface area contributed by atoms with E-state index >= 15 is 0 Å². The molecule has 2 amide bonds. The van der Waals surface area contributed by atoms with E-state index in [-0.39, 0.29) is 22.9 Å². The summed E-state index contributed by atoms with van der Waals surface area (Å²) in [7, 11) is 0. The molecule has 136 valence electrons. The van der Waals surface area contributed by atoms with Gasteiger partial charge in [-0.15, -0.1) is 11.8 Å². The molecule has 5 nitrogen and oxygen atoms in total. The third-order valence-electron chi connectivity index (χ3n) is 4.53. The first kappa shape index (κ1) is 17.4. The molecule has 0 radical (unpaired) electrons.